The average Bonchev–Trinajstić information content (AvgIpc) is 2.33. The molecule has 0 atom stereocenters. The van der Waals surface area contributed by atoms with Crippen LogP contribution in [0.3, 0.4) is 0 Å². The summed E-state index contributed by atoms with van der Waals surface area (Å²) in [5.74, 6) is -1.43. The van der Waals surface area contributed by atoms with Crippen molar-refractivity contribution >= 4 is 18.2 Å². The van der Waals surface area contributed by atoms with Crippen LogP contribution in [0.15, 0.2) is 0 Å². The van der Waals surface area contributed by atoms with Crippen LogP contribution in [0.2, 0.25) is 0 Å². The second-order valence-corrected chi connectivity index (χ2v) is 3.98. The summed E-state index contributed by atoms with van der Waals surface area (Å²) in [6.07, 6.45) is 5.17. The Morgan fingerprint density at radius 2 is 1.78 bits per heavy atom. The minimum absolute atomic E-state index is 0.0719. The molecule has 0 fully saturated rings. The summed E-state index contributed by atoms with van der Waals surface area (Å²) in [4.78, 5) is 47.3. The van der Waals surface area contributed by atoms with E-state index in [-0.39, 0.29) is 17.8 Å². The number of hydrogen-bond donors (Lipinski definition) is 0. The van der Waals surface area contributed by atoms with Gasteiger partial charge in [0, 0.05) is 6.42 Å². The monoisotopic (exact) mass is 258 g/mol. The highest BCUT2D eigenvalue weighted by molar-refractivity contribution is 5.71. The van der Waals surface area contributed by atoms with Crippen LogP contribution >= 0.6 is 0 Å². The minimum Gasteiger partial charge on any atom is -0.303 e. The van der Waals surface area contributed by atoms with E-state index in [0.717, 1.165) is 25.5 Å². The summed E-state index contributed by atoms with van der Waals surface area (Å²) < 4.78 is 0. The summed E-state index contributed by atoms with van der Waals surface area (Å²) in [7, 11) is 0. The van der Waals surface area contributed by atoms with Crippen molar-refractivity contribution in [2.24, 2.45) is 0 Å². The molecule has 0 rings (SSSR count). The fourth-order valence-electron chi connectivity index (χ4n) is 1.34. The first-order chi connectivity index (χ1) is 8.61. The van der Waals surface area contributed by atoms with E-state index < -0.39 is 11.9 Å². The maximum Gasteiger partial charge on any atom is 0.491 e. The Kier molecular flexibility index (Phi) is 9.62. The van der Waals surface area contributed by atoms with Crippen molar-refractivity contribution in [3.05, 3.63) is 4.91 Å². The molecule has 18 heavy (non-hydrogen) atoms. The Labute approximate surface area is 106 Å². The van der Waals surface area contributed by atoms with E-state index in [9.17, 15) is 19.3 Å². The zero-order valence-corrected chi connectivity index (χ0v) is 10.7. The van der Waals surface area contributed by atoms with E-state index in [4.69, 9.17) is 0 Å². The number of rotatable bonds is 9. The van der Waals surface area contributed by atoms with Crippen LogP contribution in [0.25, 0.3) is 0 Å². The van der Waals surface area contributed by atoms with Gasteiger partial charge < -0.3 is 4.79 Å². The molecular weight excluding hydrogens is 238 g/mol. The first kappa shape index (κ1) is 16.4. The maximum absolute atomic E-state index is 11.2. The van der Waals surface area contributed by atoms with Crippen molar-refractivity contribution < 1.29 is 24.1 Å². The number of unbranched alkanes of at least 4 members (excludes halogenated alkanes) is 4. The highest BCUT2D eigenvalue weighted by atomic mass is 16.8. The van der Waals surface area contributed by atoms with E-state index in [0.29, 0.717) is 19.3 Å². The van der Waals surface area contributed by atoms with Crippen molar-refractivity contribution in [3.63, 3.8) is 0 Å². The zero-order chi connectivity index (χ0) is 13.8. The van der Waals surface area contributed by atoms with Gasteiger partial charge in [0.15, 0.2) is 0 Å². The van der Waals surface area contributed by atoms with Crippen molar-refractivity contribution in [2.75, 3.05) is 0 Å². The Balaban J connectivity index is 3.61. The van der Waals surface area contributed by atoms with Crippen molar-refractivity contribution in [2.45, 2.75) is 58.3 Å². The lowest BCUT2D eigenvalue weighted by atomic mass is 10.1. The lowest BCUT2D eigenvalue weighted by Gasteiger charge is -1.96. The van der Waals surface area contributed by atoms with Gasteiger partial charge in [-0.2, -0.15) is 0 Å². The standard InChI is InChI=1S/C12H20NO5/c1-2-8-11(15)13(17)18-12(16)9-6-4-3-5-7-10-14/h10H,2-9H2,1H3/q+1. The van der Waals surface area contributed by atoms with Crippen LogP contribution in [0.4, 0.5) is 0 Å². The summed E-state index contributed by atoms with van der Waals surface area (Å²) in [6, 6.07) is 0. The van der Waals surface area contributed by atoms with Gasteiger partial charge in [-0.1, -0.05) is 19.8 Å². The third-order valence-corrected chi connectivity index (χ3v) is 2.31. The lowest BCUT2D eigenvalue weighted by molar-refractivity contribution is -0.709. The first-order valence-corrected chi connectivity index (χ1v) is 6.26. The minimum atomic E-state index is -0.739. The summed E-state index contributed by atoms with van der Waals surface area (Å²) >= 11 is 0. The molecule has 0 saturated carbocycles. The van der Waals surface area contributed by atoms with Crippen molar-refractivity contribution in [3.8, 4) is 0 Å². The number of aldehydes is 1. The van der Waals surface area contributed by atoms with Crippen LogP contribution in [0.5, 0.6) is 0 Å². The molecule has 0 unspecified atom stereocenters. The third-order valence-electron chi connectivity index (χ3n) is 2.31. The Bertz CT molecular complexity index is 301. The molecule has 0 aromatic heterocycles. The van der Waals surface area contributed by atoms with Crippen LogP contribution in [0, 0.1) is 4.91 Å². The normalized spacial score (nSPS) is 9.83. The number of amides is 1. The molecule has 0 aromatic rings. The fourth-order valence-corrected chi connectivity index (χ4v) is 1.34. The van der Waals surface area contributed by atoms with Gasteiger partial charge in [-0.3, -0.25) is 0 Å². The zero-order valence-electron chi connectivity index (χ0n) is 10.7. The lowest BCUT2D eigenvalue weighted by Crippen LogP contribution is -2.21. The first-order valence-electron chi connectivity index (χ1n) is 6.26. The van der Waals surface area contributed by atoms with Gasteiger partial charge in [-0.25, -0.2) is 9.59 Å². The molecule has 0 aromatic carbocycles. The Morgan fingerprint density at radius 3 is 2.39 bits per heavy atom. The average molecular weight is 258 g/mol. The van der Waals surface area contributed by atoms with E-state index in [1.54, 1.807) is 6.92 Å². The van der Waals surface area contributed by atoms with Gasteiger partial charge in [-0.15, -0.1) is 4.84 Å². The molecule has 0 aliphatic carbocycles. The van der Waals surface area contributed by atoms with Gasteiger partial charge in [0.25, 0.3) is 0 Å². The van der Waals surface area contributed by atoms with Crippen LogP contribution in [0.1, 0.15) is 58.3 Å². The predicted octanol–water partition coefficient (Wildman–Crippen LogP) is 2.09. The maximum atomic E-state index is 11.2. The van der Waals surface area contributed by atoms with Gasteiger partial charge in [0.05, 0.1) is 17.7 Å². The van der Waals surface area contributed by atoms with E-state index in [1.165, 1.54) is 0 Å². The Morgan fingerprint density at radius 1 is 1.11 bits per heavy atom. The molecule has 0 aliphatic heterocycles. The Hall–Kier alpha value is -1.59. The highest BCUT2D eigenvalue weighted by Crippen LogP contribution is 2.05. The fraction of sp³-hybridized carbons (Fsp3) is 0.750. The summed E-state index contributed by atoms with van der Waals surface area (Å²) in [5.41, 5.74) is 0. The largest absolute Gasteiger partial charge is 0.491 e. The van der Waals surface area contributed by atoms with Crippen LogP contribution < -0.4 is 0 Å². The van der Waals surface area contributed by atoms with Gasteiger partial charge in [0.2, 0.25) is 0 Å². The molecular formula is C12H20NO5+. The number of carbonyl (C=O) groups excluding carboxylic acids is 3. The van der Waals surface area contributed by atoms with Crippen molar-refractivity contribution in [1.82, 2.24) is 0 Å². The predicted molar refractivity (Wildman–Crippen MR) is 63.4 cm³/mol. The second-order valence-electron chi connectivity index (χ2n) is 3.98. The van der Waals surface area contributed by atoms with E-state index >= 15 is 0 Å². The molecule has 0 saturated heterocycles. The molecule has 6 heteroatoms. The molecule has 0 bridgehead atoms. The van der Waals surface area contributed by atoms with Crippen LogP contribution in [-0.4, -0.2) is 23.1 Å². The van der Waals surface area contributed by atoms with Gasteiger partial charge in [0.1, 0.15) is 6.29 Å². The van der Waals surface area contributed by atoms with E-state index in [1.807, 2.05) is 0 Å². The summed E-state index contributed by atoms with van der Waals surface area (Å²) in [6.45, 7) is 1.76. The molecule has 0 heterocycles. The molecule has 0 aliphatic rings. The van der Waals surface area contributed by atoms with Crippen LogP contribution in [-0.2, 0) is 19.2 Å². The van der Waals surface area contributed by atoms with Gasteiger partial charge >= 0.3 is 16.8 Å². The second kappa shape index (κ2) is 10.6. The third kappa shape index (κ3) is 8.55. The SMILES string of the molecule is CCCC(=O)[N+](=O)OC(=O)CCCCCCC=O. The topological polar surface area (TPSA) is 80.5 Å². The molecule has 0 N–H and O–H groups in total. The molecule has 0 spiro atoms. The number of hydrogen-bond acceptors (Lipinski definition) is 5. The van der Waals surface area contributed by atoms with E-state index in [2.05, 4.69) is 4.84 Å². The van der Waals surface area contributed by atoms with Gasteiger partial charge in [-0.05, 0) is 19.3 Å². The highest BCUT2D eigenvalue weighted by Gasteiger charge is 2.27. The molecule has 102 valence electrons. The number of nitrogens with zero attached hydrogens (tertiary/aromatic N) is 1. The summed E-state index contributed by atoms with van der Waals surface area (Å²) in [5, 5.41) is 0. The smallest absolute Gasteiger partial charge is 0.303 e. The quantitative estimate of drug-likeness (QED) is 0.359. The molecule has 0 radical (unpaired) electrons. The molecule has 1 amide bonds. The number of carbonyl (C=O) groups is 3. The van der Waals surface area contributed by atoms with Crippen molar-refractivity contribution in [1.29, 1.82) is 0 Å². The molecule has 6 nitrogen and oxygen atoms in total.